The van der Waals surface area contributed by atoms with Crippen LogP contribution in [0.15, 0.2) is 18.2 Å². The highest BCUT2D eigenvalue weighted by molar-refractivity contribution is 7.12. The number of nitrogens with zero attached hydrogens (tertiary/aromatic N) is 1. The van der Waals surface area contributed by atoms with Gasteiger partial charge in [0.05, 0.1) is 13.5 Å². The van der Waals surface area contributed by atoms with Crippen molar-refractivity contribution in [1.29, 1.82) is 0 Å². The van der Waals surface area contributed by atoms with E-state index in [2.05, 4.69) is 4.90 Å². The number of carbonyl (C=O) groups is 1. The van der Waals surface area contributed by atoms with E-state index >= 15 is 0 Å². The molecule has 0 saturated heterocycles. The summed E-state index contributed by atoms with van der Waals surface area (Å²) in [5.41, 5.74) is 3.66. The van der Waals surface area contributed by atoms with Gasteiger partial charge in [-0.05, 0) is 41.3 Å². The molecular formula is C18H19NO4S. The minimum Gasteiger partial charge on any atom is -0.504 e. The van der Waals surface area contributed by atoms with Crippen molar-refractivity contribution in [2.45, 2.75) is 31.8 Å². The van der Waals surface area contributed by atoms with Gasteiger partial charge in [0.2, 0.25) is 0 Å². The highest BCUT2D eigenvalue weighted by atomic mass is 32.1. The molecule has 4 rings (SSSR count). The fourth-order valence-corrected chi connectivity index (χ4v) is 5.04. The van der Waals surface area contributed by atoms with Crippen molar-refractivity contribution in [3.05, 3.63) is 44.6 Å². The molecule has 2 N–H and O–H groups in total. The van der Waals surface area contributed by atoms with Gasteiger partial charge in [-0.1, -0.05) is 0 Å². The molecule has 0 saturated carbocycles. The zero-order valence-electron chi connectivity index (χ0n) is 13.4. The Morgan fingerprint density at radius 3 is 2.96 bits per heavy atom. The van der Waals surface area contributed by atoms with E-state index < -0.39 is 5.97 Å². The van der Waals surface area contributed by atoms with Crippen LogP contribution in [0.3, 0.4) is 0 Å². The van der Waals surface area contributed by atoms with Crippen molar-refractivity contribution in [3.8, 4) is 11.5 Å². The summed E-state index contributed by atoms with van der Waals surface area (Å²) in [5.74, 6) is -0.0751. The molecule has 0 aliphatic carbocycles. The molecule has 0 spiro atoms. The molecule has 6 heteroatoms. The van der Waals surface area contributed by atoms with E-state index in [4.69, 9.17) is 9.84 Å². The Morgan fingerprint density at radius 1 is 1.38 bits per heavy atom. The Bertz CT molecular complexity index is 814. The third-order valence-electron chi connectivity index (χ3n) is 4.93. The molecule has 0 bridgehead atoms. The number of carboxylic acid groups (broad SMARTS) is 1. The molecule has 1 aromatic heterocycles. The lowest BCUT2D eigenvalue weighted by atomic mass is 9.86. The Morgan fingerprint density at radius 2 is 2.21 bits per heavy atom. The standard InChI is InChI=1S/C18H19NO4S/c1-23-16-5-10-2-3-19-9-11-4-12(6-18(21)22)24-17(11)8-14(19)13(10)7-15(16)20/h4-5,7,14,20H,2-3,6,8-9H2,1H3,(H,21,22). The van der Waals surface area contributed by atoms with Crippen LogP contribution >= 0.6 is 11.3 Å². The zero-order chi connectivity index (χ0) is 16.8. The van der Waals surface area contributed by atoms with Crippen molar-refractivity contribution in [2.24, 2.45) is 0 Å². The van der Waals surface area contributed by atoms with Gasteiger partial charge in [0.25, 0.3) is 0 Å². The number of phenolic OH excluding ortho intramolecular Hbond substituents is 1. The second-order valence-corrected chi connectivity index (χ2v) is 7.62. The first kappa shape index (κ1) is 15.5. The lowest BCUT2D eigenvalue weighted by Crippen LogP contribution is -2.38. The van der Waals surface area contributed by atoms with Gasteiger partial charge < -0.3 is 14.9 Å². The van der Waals surface area contributed by atoms with E-state index in [-0.39, 0.29) is 18.2 Å². The van der Waals surface area contributed by atoms with Gasteiger partial charge in [-0.3, -0.25) is 9.69 Å². The first-order valence-corrected chi connectivity index (χ1v) is 8.83. The topological polar surface area (TPSA) is 70.0 Å². The number of fused-ring (bicyclic) bond motifs is 4. The van der Waals surface area contributed by atoms with E-state index in [1.54, 1.807) is 18.4 Å². The number of methoxy groups -OCH3 is 1. The van der Waals surface area contributed by atoms with Gasteiger partial charge >= 0.3 is 5.97 Å². The molecular weight excluding hydrogens is 326 g/mol. The maximum absolute atomic E-state index is 11.0. The minimum atomic E-state index is -0.784. The Hall–Kier alpha value is -2.05. The summed E-state index contributed by atoms with van der Waals surface area (Å²) in [4.78, 5) is 15.6. The molecule has 1 unspecified atom stereocenters. The van der Waals surface area contributed by atoms with E-state index in [0.717, 1.165) is 30.8 Å². The molecule has 2 aromatic rings. The molecule has 0 fully saturated rings. The van der Waals surface area contributed by atoms with Crippen LogP contribution in [0.1, 0.15) is 32.5 Å². The van der Waals surface area contributed by atoms with Crippen LogP contribution in [0.4, 0.5) is 0 Å². The van der Waals surface area contributed by atoms with Crippen molar-refractivity contribution < 1.29 is 19.7 Å². The predicted molar refractivity (Wildman–Crippen MR) is 90.9 cm³/mol. The number of hydrogen-bond acceptors (Lipinski definition) is 5. The van der Waals surface area contributed by atoms with Crippen molar-refractivity contribution in [1.82, 2.24) is 4.90 Å². The lowest BCUT2D eigenvalue weighted by Gasteiger charge is -2.40. The van der Waals surface area contributed by atoms with E-state index in [9.17, 15) is 9.90 Å². The van der Waals surface area contributed by atoms with Crippen LogP contribution < -0.4 is 4.74 Å². The Labute approximate surface area is 144 Å². The second kappa shape index (κ2) is 5.79. The van der Waals surface area contributed by atoms with E-state index in [1.165, 1.54) is 21.6 Å². The fraction of sp³-hybridized carbons (Fsp3) is 0.389. The summed E-state index contributed by atoms with van der Waals surface area (Å²) in [6, 6.07) is 6.07. The maximum atomic E-state index is 11.0. The smallest absolute Gasteiger partial charge is 0.308 e. The molecule has 0 radical (unpaired) electrons. The molecule has 3 heterocycles. The average molecular weight is 345 g/mol. The highest BCUT2D eigenvalue weighted by Crippen LogP contribution is 2.43. The van der Waals surface area contributed by atoms with Crippen LogP contribution in [0.25, 0.3) is 0 Å². The zero-order valence-corrected chi connectivity index (χ0v) is 14.2. The van der Waals surface area contributed by atoms with Crippen LogP contribution in [0.5, 0.6) is 11.5 Å². The van der Waals surface area contributed by atoms with E-state index in [0.29, 0.717) is 5.75 Å². The van der Waals surface area contributed by atoms with Crippen LogP contribution in [0, 0.1) is 0 Å². The first-order valence-electron chi connectivity index (χ1n) is 8.01. The monoisotopic (exact) mass is 345 g/mol. The summed E-state index contributed by atoms with van der Waals surface area (Å²) in [6.45, 7) is 1.82. The van der Waals surface area contributed by atoms with Crippen molar-refractivity contribution >= 4 is 17.3 Å². The largest absolute Gasteiger partial charge is 0.504 e. The number of hydrogen-bond donors (Lipinski definition) is 2. The first-order chi connectivity index (χ1) is 11.5. The molecule has 0 amide bonds. The predicted octanol–water partition coefficient (Wildman–Crippen LogP) is 2.74. The van der Waals surface area contributed by atoms with Gasteiger partial charge in [0, 0.05) is 35.3 Å². The number of aliphatic carboxylic acids is 1. The fourth-order valence-electron chi connectivity index (χ4n) is 3.83. The van der Waals surface area contributed by atoms with Gasteiger partial charge in [0.15, 0.2) is 11.5 Å². The quantitative estimate of drug-likeness (QED) is 0.895. The van der Waals surface area contributed by atoms with Crippen LogP contribution in [-0.2, 0) is 30.6 Å². The number of rotatable bonds is 3. The molecule has 1 atom stereocenters. The highest BCUT2D eigenvalue weighted by Gasteiger charge is 2.34. The number of aromatic hydroxyl groups is 1. The summed E-state index contributed by atoms with van der Waals surface area (Å²) in [7, 11) is 1.57. The summed E-state index contributed by atoms with van der Waals surface area (Å²) in [6.07, 6.45) is 1.90. The van der Waals surface area contributed by atoms with Gasteiger partial charge in [-0.2, -0.15) is 0 Å². The molecule has 2 aliphatic heterocycles. The van der Waals surface area contributed by atoms with Gasteiger partial charge in [-0.15, -0.1) is 11.3 Å². The van der Waals surface area contributed by atoms with Gasteiger partial charge in [-0.25, -0.2) is 0 Å². The number of thiophene rings is 1. The third kappa shape index (κ3) is 2.56. The normalized spacial score (nSPS) is 19.3. The SMILES string of the molecule is COc1cc2c(cc1O)C1Cc3sc(CC(=O)O)cc3CN1CC2. The third-order valence-corrected chi connectivity index (χ3v) is 6.13. The number of ether oxygens (including phenoxy) is 1. The van der Waals surface area contributed by atoms with Crippen molar-refractivity contribution in [3.63, 3.8) is 0 Å². The minimum absolute atomic E-state index is 0.0942. The molecule has 126 valence electrons. The average Bonchev–Trinajstić information content (AvgIpc) is 2.92. The maximum Gasteiger partial charge on any atom is 0.308 e. The van der Waals surface area contributed by atoms with Crippen LogP contribution in [0.2, 0.25) is 0 Å². The Balaban J connectivity index is 1.68. The molecule has 5 nitrogen and oxygen atoms in total. The van der Waals surface area contributed by atoms with E-state index in [1.807, 2.05) is 18.2 Å². The summed E-state index contributed by atoms with van der Waals surface area (Å²) < 4.78 is 5.23. The van der Waals surface area contributed by atoms with Gasteiger partial charge in [0.1, 0.15) is 0 Å². The van der Waals surface area contributed by atoms with Crippen LogP contribution in [-0.4, -0.2) is 34.7 Å². The summed E-state index contributed by atoms with van der Waals surface area (Å²) in [5, 5.41) is 19.2. The molecule has 2 aliphatic rings. The number of benzene rings is 1. The van der Waals surface area contributed by atoms with Crippen molar-refractivity contribution in [2.75, 3.05) is 13.7 Å². The Kier molecular flexibility index (Phi) is 3.73. The molecule has 1 aromatic carbocycles. The second-order valence-electron chi connectivity index (χ2n) is 6.39. The summed E-state index contributed by atoms with van der Waals surface area (Å²) >= 11 is 1.61. The number of carboxylic acids is 1. The number of phenols is 1. The molecule has 24 heavy (non-hydrogen) atoms. The lowest BCUT2D eigenvalue weighted by molar-refractivity contribution is -0.136.